The van der Waals surface area contributed by atoms with Crippen LogP contribution in [0.25, 0.3) is 4.85 Å². The molecule has 10 nitrogen and oxygen atoms in total. The first-order valence-electron chi connectivity index (χ1n) is 11.0. The summed E-state index contributed by atoms with van der Waals surface area (Å²) in [6.07, 6.45) is -0.482. The molecular weight excluding hydrogens is 400 g/mol. The molecule has 4 N–H and O–H groups in total. The van der Waals surface area contributed by atoms with Crippen LogP contribution < -0.4 is 21.3 Å². The molecule has 2 amide bonds. The molecule has 0 aromatic carbocycles. The summed E-state index contributed by atoms with van der Waals surface area (Å²) < 4.78 is 12.1. The van der Waals surface area contributed by atoms with Gasteiger partial charge in [-0.05, 0) is 41.8 Å². The number of hydrogen-bond donors (Lipinski definition) is 4. The van der Waals surface area contributed by atoms with Crippen LogP contribution in [0.15, 0.2) is 0 Å². The van der Waals surface area contributed by atoms with Gasteiger partial charge in [0.1, 0.15) is 6.61 Å². The lowest BCUT2D eigenvalue weighted by Gasteiger charge is -2.38. The molecule has 0 radical (unpaired) electrons. The minimum absolute atomic E-state index is 0.0977. The Labute approximate surface area is 187 Å². The molecule has 1 atom stereocenters. The monoisotopic (exact) mass is 442 g/mol. The molecule has 0 aromatic heterocycles. The molecule has 0 saturated heterocycles. The van der Waals surface area contributed by atoms with Gasteiger partial charge in [-0.25, -0.2) is 6.57 Å². The highest BCUT2D eigenvalue weighted by atomic mass is 16.7. The van der Waals surface area contributed by atoms with Crippen LogP contribution >= 0.6 is 0 Å². The number of carbonyl (C=O) groups is 2. The molecule has 1 unspecified atom stereocenters. The fourth-order valence-corrected chi connectivity index (χ4v) is 2.92. The Hall–Kier alpha value is -1.77. The van der Waals surface area contributed by atoms with Gasteiger partial charge in [0.05, 0.1) is 6.10 Å². The van der Waals surface area contributed by atoms with Gasteiger partial charge in [-0.15, -0.1) is 0 Å². The third kappa shape index (κ3) is 14.0. The molecule has 0 rings (SSSR count). The highest BCUT2D eigenvalue weighted by Gasteiger charge is 2.29. The Morgan fingerprint density at radius 3 is 1.81 bits per heavy atom. The number of nitrogens with one attached hydrogen (secondary N) is 4. The molecule has 0 spiro atoms. The van der Waals surface area contributed by atoms with E-state index in [1.54, 1.807) is 14.1 Å². The van der Waals surface area contributed by atoms with Crippen molar-refractivity contribution >= 4 is 11.8 Å². The Balaban J connectivity index is 5.25. The summed E-state index contributed by atoms with van der Waals surface area (Å²) in [6, 6.07) is 0.267. The van der Waals surface area contributed by atoms with Gasteiger partial charge in [-0.2, -0.15) is 0 Å². The largest absolute Gasteiger partial charge is 0.353 e. The van der Waals surface area contributed by atoms with Crippen LogP contribution in [0.5, 0.6) is 0 Å². The SMILES string of the molecule is [C-]#[N+]CCOC(OC(CNC(=O)CCNC)CNC(=O)CCNC)N(C(C)C)C(C)C. The molecule has 0 aliphatic carbocycles. The van der Waals surface area contributed by atoms with E-state index < -0.39 is 12.5 Å². The van der Waals surface area contributed by atoms with Crippen LogP contribution in [-0.4, -0.2) is 94.7 Å². The van der Waals surface area contributed by atoms with Gasteiger partial charge < -0.3 is 35.6 Å². The van der Waals surface area contributed by atoms with Crippen LogP contribution in [0, 0.1) is 6.57 Å². The normalized spacial score (nSPS) is 12.4. The van der Waals surface area contributed by atoms with E-state index in [0.29, 0.717) is 25.9 Å². The highest BCUT2D eigenvalue weighted by Crippen LogP contribution is 2.15. The second kappa shape index (κ2) is 17.9. The zero-order chi connectivity index (χ0) is 23.6. The molecule has 0 aromatic rings. The molecule has 0 bridgehead atoms. The van der Waals surface area contributed by atoms with Crippen molar-refractivity contribution in [1.82, 2.24) is 26.2 Å². The number of hydrogen-bond acceptors (Lipinski definition) is 7. The Kier molecular flexibility index (Phi) is 16.8. The molecule has 10 heteroatoms. The first-order chi connectivity index (χ1) is 14.8. The maximum Gasteiger partial charge on any atom is 0.237 e. The van der Waals surface area contributed by atoms with Crippen molar-refractivity contribution in [1.29, 1.82) is 0 Å². The lowest BCUT2D eigenvalue weighted by molar-refractivity contribution is -0.256. The lowest BCUT2D eigenvalue weighted by Crippen LogP contribution is -2.52. The number of ether oxygens (including phenoxy) is 2. The zero-order valence-corrected chi connectivity index (χ0v) is 20.0. The molecule has 0 aliphatic rings. The first kappa shape index (κ1) is 29.2. The van der Waals surface area contributed by atoms with Crippen LogP contribution in [0.3, 0.4) is 0 Å². The van der Waals surface area contributed by atoms with Crippen molar-refractivity contribution < 1.29 is 19.1 Å². The standard InChI is InChI=1S/C21H42N6O4/c1-16(2)27(17(3)4)21(30-13-12-24-7)31-18(14-25-19(28)8-10-22-5)15-26-20(29)9-11-23-6/h16-18,21-23H,8-15H2,1-6H3,(H,25,28)(H,26,29). The fourth-order valence-electron chi connectivity index (χ4n) is 2.92. The Morgan fingerprint density at radius 1 is 0.935 bits per heavy atom. The molecule has 0 saturated carbocycles. The predicted octanol–water partition coefficient (Wildman–Crippen LogP) is 0.161. The van der Waals surface area contributed by atoms with Gasteiger partial charge in [-0.1, -0.05) is 0 Å². The van der Waals surface area contributed by atoms with Crippen molar-refractivity contribution in [2.75, 3.05) is 53.4 Å². The van der Waals surface area contributed by atoms with Crippen LogP contribution in [0.2, 0.25) is 0 Å². The van der Waals surface area contributed by atoms with Crippen molar-refractivity contribution in [3.63, 3.8) is 0 Å². The number of carbonyl (C=O) groups excluding carboxylic acids is 2. The van der Waals surface area contributed by atoms with Gasteiger partial charge in [0.25, 0.3) is 0 Å². The van der Waals surface area contributed by atoms with E-state index in [0.717, 1.165) is 0 Å². The van der Waals surface area contributed by atoms with E-state index in [9.17, 15) is 9.59 Å². The average molecular weight is 443 g/mol. The second-order valence-corrected chi connectivity index (χ2v) is 7.77. The molecule has 31 heavy (non-hydrogen) atoms. The summed E-state index contributed by atoms with van der Waals surface area (Å²) in [5, 5.41) is 11.6. The Morgan fingerprint density at radius 2 is 1.42 bits per heavy atom. The first-order valence-corrected chi connectivity index (χ1v) is 11.0. The van der Waals surface area contributed by atoms with Crippen LogP contribution in [0.4, 0.5) is 0 Å². The third-order valence-electron chi connectivity index (χ3n) is 4.47. The van der Waals surface area contributed by atoms with Gasteiger partial charge in [0.15, 0.2) is 0 Å². The van der Waals surface area contributed by atoms with E-state index in [4.69, 9.17) is 16.0 Å². The zero-order valence-electron chi connectivity index (χ0n) is 20.0. The summed E-state index contributed by atoms with van der Waals surface area (Å²) >= 11 is 0. The topological polar surface area (TPSA) is 108 Å². The fraction of sp³-hybridized carbons (Fsp3) is 0.857. The number of amides is 2. The molecular formula is C21H42N6O4. The Bertz CT molecular complexity index is 506. The lowest BCUT2D eigenvalue weighted by atomic mass is 10.2. The molecule has 0 heterocycles. The summed E-state index contributed by atoms with van der Waals surface area (Å²) in [4.78, 5) is 29.5. The molecule has 0 fully saturated rings. The minimum atomic E-state index is -0.699. The van der Waals surface area contributed by atoms with Crippen molar-refractivity contribution in [3.8, 4) is 0 Å². The van der Waals surface area contributed by atoms with E-state index in [2.05, 4.69) is 31.0 Å². The van der Waals surface area contributed by atoms with Gasteiger partial charge >= 0.3 is 0 Å². The van der Waals surface area contributed by atoms with Crippen LogP contribution in [0.1, 0.15) is 40.5 Å². The molecule has 0 aliphatic heterocycles. The maximum absolute atomic E-state index is 12.1. The second-order valence-electron chi connectivity index (χ2n) is 7.77. The molecule has 180 valence electrons. The van der Waals surface area contributed by atoms with E-state index in [1.165, 1.54) is 0 Å². The predicted molar refractivity (Wildman–Crippen MR) is 121 cm³/mol. The quantitative estimate of drug-likeness (QED) is 0.136. The summed E-state index contributed by atoms with van der Waals surface area (Å²) in [6.45, 7) is 17.3. The van der Waals surface area contributed by atoms with Crippen LogP contribution in [-0.2, 0) is 19.1 Å². The van der Waals surface area contributed by atoms with E-state index in [1.807, 2.05) is 27.7 Å². The van der Waals surface area contributed by atoms with Gasteiger partial charge in [0.2, 0.25) is 24.8 Å². The van der Waals surface area contributed by atoms with Gasteiger partial charge in [-0.3, -0.25) is 14.5 Å². The highest BCUT2D eigenvalue weighted by molar-refractivity contribution is 5.76. The van der Waals surface area contributed by atoms with Crippen molar-refractivity contribution in [2.24, 2.45) is 0 Å². The van der Waals surface area contributed by atoms with Crippen molar-refractivity contribution in [3.05, 3.63) is 11.4 Å². The summed E-state index contributed by atoms with van der Waals surface area (Å²) in [5.74, 6) is -0.195. The number of nitrogens with zero attached hydrogens (tertiary/aromatic N) is 2. The van der Waals surface area contributed by atoms with Crippen molar-refractivity contribution in [2.45, 2.75) is 65.1 Å². The van der Waals surface area contributed by atoms with E-state index in [-0.39, 0.29) is 50.1 Å². The third-order valence-corrected chi connectivity index (χ3v) is 4.47. The summed E-state index contributed by atoms with van der Waals surface area (Å²) in [7, 11) is 3.58. The maximum atomic E-state index is 12.1. The smallest absolute Gasteiger partial charge is 0.237 e. The average Bonchev–Trinajstić information content (AvgIpc) is 2.71. The minimum Gasteiger partial charge on any atom is -0.353 e. The van der Waals surface area contributed by atoms with Gasteiger partial charge in [0, 0.05) is 51.1 Å². The summed E-state index contributed by atoms with van der Waals surface area (Å²) in [5.41, 5.74) is 0. The van der Waals surface area contributed by atoms with E-state index >= 15 is 0 Å². The number of rotatable bonds is 18.